The Balaban J connectivity index is 3.13. The van der Waals surface area contributed by atoms with Crippen LogP contribution in [0.4, 0.5) is 5.69 Å². The molecule has 0 heterocycles. The quantitative estimate of drug-likeness (QED) is 0.416. The number of hydrogen-bond donors (Lipinski definition) is 0. The van der Waals surface area contributed by atoms with Gasteiger partial charge in [0.1, 0.15) is 5.75 Å². The van der Waals surface area contributed by atoms with Crippen molar-refractivity contribution in [3.63, 3.8) is 0 Å². The summed E-state index contributed by atoms with van der Waals surface area (Å²) in [4.78, 5) is 20.1. The average molecular weight is 195 g/mol. The number of benzene rings is 1. The molecule has 0 unspecified atom stereocenters. The standard InChI is InChI=1S/C9H9NO4/c1-2-7-3-4-8(14-6-11)5-9(7)10(12)13/h3-6H,2H2,1H3. The Hall–Kier alpha value is -1.91. The van der Waals surface area contributed by atoms with E-state index in [-0.39, 0.29) is 17.9 Å². The molecule has 0 aliphatic rings. The molecule has 0 saturated heterocycles. The maximum atomic E-state index is 10.6. The Bertz CT molecular complexity index is 362. The minimum absolute atomic E-state index is 0.0214. The van der Waals surface area contributed by atoms with Gasteiger partial charge in [0, 0.05) is 5.56 Å². The summed E-state index contributed by atoms with van der Waals surface area (Å²) in [5, 5.41) is 10.6. The highest BCUT2D eigenvalue weighted by molar-refractivity contribution is 5.51. The molecule has 0 N–H and O–H groups in total. The van der Waals surface area contributed by atoms with Crippen molar-refractivity contribution in [2.45, 2.75) is 13.3 Å². The Morgan fingerprint density at radius 3 is 2.79 bits per heavy atom. The largest absolute Gasteiger partial charge is 0.428 e. The number of aryl methyl sites for hydroxylation is 1. The van der Waals surface area contributed by atoms with Gasteiger partial charge in [-0.25, -0.2) is 0 Å². The van der Waals surface area contributed by atoms with Crippen LogP contribution in [-0.4, -0.2) is 11.4 Å². The lowest BCUT2D eigenvalue weighted by molar-refractivity contribution is -0.385. The predicted molar refractivity (Wildman–Crippen MR) is 49.2 cm³/mol. The van der Waals surface area contributed by atoms with Crippen molar-refractivity contribution >= 4 is 12.2 Å². The molecule has 1 rings (SSSR count). The van der Waals surface area contributed by atoms with E-state index in [1.54, 1.807) is 6.07 Å². The van der Waals surface area contributed by atoms with Crippen molar-refractivity contribution in [2.24, 2.45) is 0 Å². The lowest BCUT2D eigenvalue weighted by atomic mass is 10.1. The first kappa shape index (κ1) is 10.2. The number of nitro benzene ring substituents is 1. The molecule has 0 fully saturated rings. The normalized spacial score (nSPS) is 9.50. The molecule has 14 heavy (non-hydrogen) atoms. The van der Waals surface area contributed by atoms with Gasteiger partial charge < -0.3 is 4.74 Å². The van der Waals surface area contributed by atoms with E-state index < -0.39 is 4.92 Å². The molecular weight excluding hydrogens is 186 g/mol. The van der Waals surface area contributed by atoms with E-state index in [0.717, 1.165) is 0 Å². The summed E-state index contributed by atoms with van der Waals surface area (Å²) in [6.07, 6.45) is 0.567. The summed E-state index contributed by atoms with van der Waals surface area (Å²) in [6, 6.07) is 4.35. The fraction of sp³-hybridized carbons (Fsp3) is 0.222. The molecule has 0 aromatic heterocycles. The second kappa shape index (κ2) is 4.36. The predicted octanol–water partition coefficient (Wildman–Crippen LogP) is 1.69. The van der Waals surface area contributed by atoms with E-state index in [9.17, 15) is 14.9 Å². The fourth-order valence-electron chi connectivity index (χ4n) is 1.14. The van der Waals surface area contributed by atoms with Crippen molar-refractivity contribution in [3.8, 4) is 5.75 Å². The number of rotatable bonds is 4. The van der Waals surface area contributed by atoms with E-state index in [1.165, 1.54) is 12.1 Å². The lowest BCUT2D eigenvalue weighted by Crippen LogP contribution is -1.96. The van der Waals surface area contributed by atoms with Crippen LogP contribution in [0, 0.1) is 10.1 Å². The molecule has 5 nitrogen and oxygen atoms in total. The van der Waals surface area contributed by atoms with Crippen molar-refractivity contribution in [1.29, 1.82) is 0 Å². The van der Waals surface area contributed by atoms with Crippen LogP contribution in [-0.2, 0) is 11.2 Å². The summed E-state index contributed by atoms with van der Waals surface area (Å²) in [5.74, 6) is 0.184. The highest BCUT2D eigenvalue weighted by atomic mass is 16.6. The molecule has 0 amide bonds. The third kappa shape index (κ3) is 2.07. The van der Waals surface area contributed by atoms with Crippen LogP contribution in [0.5, 0.6) is 5.75 Å². The zero-order valence-electron chi connectivity index (χ0n) is 7.60. The number of hydrogen-bond acceptors (Lipinski definition) is 4. The van der Waals surface area contributed by atoms with Crippen LogP contribution in [0.3, 0.4) is 0 Å². The maximum Gasteiger partial charge on any atom is 0.298 e. The first-order valence-electron chi connectivity index (χ1n) is 4.06. The first-order chi connectivity index (χ1) is 6.69. The van der Waals surface area contributed by atoms with Gasteiger partial charge in [0.25, 0.3) is 12.2 Å². The van der Waals surface area contributed by atoms with Crippen molar-refractivity contribution in [3.05, 3.63) is 33.9 Å². The molecule has 0 aliphatic carbocycles. The average Bonchev–Trinajstić information content (AvgIpc) is 2.18. The van der Waals surface area contributed by atoms with Crippen LogP contribution in [0.1, 0.15) is 12.5 Å². The number of nitrogens with zero attached hydrogens (tertiary/aromatic N) is 1. The number of ether oxygens (including phenoxy) is 1. The third-order valence-electron chi connectivity index (χ3n) is 1.82. The molecule has 0 aliphatic heterocycles. The van der Waals surface area contributed by atoms with Gasteiger partial charge in [0.05, 0.1) is 11.0 Å². The van der Waals surface area contributed by atoms with Gasteiger partial charge in [-0.15, -0.1) is 0 Å². The Morgan fingerprint density at radius 2 is 2.29 bits per heavy atom. The Morgan fingerprint density at radius 1 is 1.57 bits per heavy atom. The topological polar surface area (TPSA) is 69.4 Å². The second-order valence-corrected chi connectivity index (χ2v) is 2.62. The summed E-state index contributed by atoms with van der Waals surface area (Å²) >= 11 is 0. The molecule has 0 saturated carbocycles. The van der Waals surface area contributed by atoms with Crippen molar-refractivity contribution < 1.29 is 14.5 Å². The third-order valence-corrected chi connectivity index (χ3v) is 1.82. The Kier molecular flexibility index (Phi) is 3.17. The van der Waals surface area contributed by atoms with Gasteiger partial charge in [-0.05, 0) is 18.6 Å². The van der Waals surface area contributed by atoms with Gasteiger partial charge in [-0.3, -0.25) is 14.9 Å². The van der Waals surface area contributed by atoms with Gasteiger partial charge in [0.2, 0.25) is 0 Å². The molecule has 0 bridgehead atoms. The lowest BCUT2D eigenvalue weighted by Gasteiger charge is -2.01. The molecule has 1 aromatic carbocycles. The summed E-state index contributed by atoms with van der Waals surface area (Å²) < 4.78 is 4.51. The zero-order valence-corrected chi connectivity index (χ0v) is 7.60. The van der Waals surface area contributed by atoms with Crippen molar-refractivity contribution in [2.75, 3.05) is 0 Å². The van der Waals surface area contributed by atoms with E-state index in [0.29, 0.717) is 12.0 Å². The number of nitro groups is 1. The maximum absolute atomic E-state index is 10.6. The van der Waals surface area contributed by atoms with Crippen LogP contribution >= 0.6 is 0 Å². The molecule has 0 atom stereocenters. The van der Waals surface area contributed by atoms with E-state index in [1.807, 2.05) is 6.92 Å². The highest BCUT2D eigenvalue weighted by Crippen LogP contribution is 2.24. The smallest absolute Gasteiger partial charge is 0.298 e. The summed E-state index contributed by atoms with van der Waals surface area (Å²) in [7, 11) is 0. The minimum atomic E-state index is -0.490. The molecule has 1 aromatic rings. The van der Waals surface area contributed by atoms with E-state index in [4.69, 9.17) is 0 Å². The van der Waals surface area contributed by atoms with Crippen LogP contribution in [0.2, 0.25) is 0 Å². The monoisotopic (exact) mass is 195 g/mol. The van der Waals surface area contributed by atoms with Gasteiger partial charge in [-0.2, -0.15) is 0 Å². The number of carbonyl (C=O) groups is 1. The summed E-state index contributed by atoms with van der Waals surface area (Å²) in [5.41, 5.74) is 0.597. The zero-order chi connectivity index (χ0) is 10.6. The molecule has 0 radical (unpaired) electrons. The van der Waals surface area contributed by atoms with E-state index in [2.05, 4.69) is 4.74 Å². The van der Waals surface area contributed by atoms with Gasteiger partial charge >= 0.3 is 0 Å². The fourth-order valence-corrected chi connectivity index (χ4v) is 1.14. The first-order valence-corrected chi connectivity index (χ1v) is 4.06. The van der Waals surface area contributed by atoms with Crippen LogP contribution in [0.15, 0.2) is 18.2 Å². The second-order valence-electron chi connectivity index (χ2n) is 2.62. The number of carbonyl (C=O) groups excluding carboxylic acids is 1. The van der Waals surface area contributed by atoms with Crippen LogP contribution in [0.25, 0.3) is 0 Å². The van der Waals surface area contributed by atoms with Gasteiger partial charge in [0.15, 0.2) is 0 Å². The highest BCUT2D eigenvalue weighted by Gasteiger charge is 2.13. The van der Waals surface area contributed by atoms with E-state index >= 15 is 0 Å². The van der Waals surface area contributed by atoms with Crippen molar-refractivity contribution in [1.82, 2.24) is 0 Å². The molecule has 5 heteroatoms. The molecule has 0 spiro atoms. The Labute approximate surface area is 80.5 Å². The minimum Gasteiger partial charge on any atom is -0.428 e. The summed E-state index contributed by atoms with van der Waals surface area (Å²) in [6.45, 7) is 2.06. The SMILES string of the molecule is CCc1ccc(OC=O)cc1[N+](=O)[O-]. The van der Waals surface area contributed by atoms with Crippen LogP contribution < -0.4 is 4.74 Å². The molecule has 74 valence electrons. The molecular formula is C9H9NO4. The van der Waals surface area contributed by atoms with Gasteiger partial charge in [-0.1, -0.05) is 6.92 Å².